The summed E-state index contributed by atoms with van der Waals surface area (Å²) in [5.74, 6) is 0.354. The number of hydrogen-bond acceptors (Lipinski definition) is 4. The van der Waals surface area contributed by atoms with Crippen LogP contribution in [0.2, 0.25) is 0 Å². The predicted octanol–water partition coefficient (Wildman–Crippen LogP) is 2.98. The first kappa shape index (κ1) is 19.9. The number of nitrogens with one attached hydrogen (secondary N) is 2. The Labute approximate surface area is 165 Å². The van der Waals surface area contributed by atoms with Gasteiger partial charge in [-0.2, -0.15) is 0 Å². The van der Waals surface area contributed by atoms with Gasteiger partial charge < -0.3 is 15.4 Å². The Hall–Kier alpha value is -2.86. The molecule has 6 heteroatoms. The number of hydrogen-bond donors (Lipinski definition) is 2. The molecule has 0 aliphatic heterocycles. The van der Waals surface area contributed by atoms with E-state index in [0.717, 1.165) is 18.4 Å². The van der Waals surface area contributed by atoms with Gasteiger partial charge in [0.15, 0.2) is 0 Å². The number of anilines is 1. The number of carbonyl (C=O) groups excluding carboxylic acids is 2. The Morgan fingerprint density at radius 1 is 1.11 bits per heavy atom. The van der Waals surface area contributed by atoms with Gasteiger partial charge >= 0.3 is 0 Å². The molecule has 1 aliphatic carbocycles. The summed E-state index contributed by atoms with van der Waals surface area (Å²) >= 11 is 0. The predicted molar refractivity (Wildman–Crippen MR) is 109 cm³/mol. The number of amides is 2. The summed E-state index contributed by atoms with van der Waals surface area (Å²) in [6.07, 6.45) is 2.07. The maximum absolute atomic E-state index is 13.2. The highest BCUT2D eigenvalue weighted by Gasteiger charge is 2.29. The smallest absolute Gasteiger partial charge is 0.246 e. The van der Waals surface area contributed by atoms with Crippen LogP contribution >= 0.6 is 0 Å². The first-order valence-corrected chi connectivity index (χ1v) is 9.65. The van der Waals surface area contributed by atoms with Crippen LogP contribution in [0.1, 0.15) is 31.4 Å². The van der Waals surface area contributed by atoms with Gasteiger partial charge in [-0.15, -0.1) is 0 Å². The molecule has 1 fully saturated rings. The van der Waals surface area contributed by atoms with Crippen molar-refractivity contribution >= 4 is 17.5 Å². The molecule has 0 bridgehead atoms. The minimum Gasteiger partial charge on any atom is -0.492 e. The molecule has 3 rings (SSSR count). The molecule has 6 nitrogen and oxygen atoms in total. The second-order valence-corrected chi connectivity index (χ2v) is 6.99. The molecule has 1 saturated carbocycles. The number of nitrogens with zero attached hydrogens (tertiary/aromatic N) is 1. The summed E-state index contributed by atoms with van der Waals surface area (Å²) in [5, 5.41) is 5.94. The largest absolute Gasteiger partial charge is 0.492 e. The number of benzene rings is 2. The lowest BCUT2D eigenvalue weighted by molar-refractivity contribution is -0.125. The standard InChI is InChI=1S/C22H27N3O3/c1-3-28-19-12-8-7-11-18(19)24-22(27)21(16-9-5-4-6-10-16)25(2)15-20(26)23-17-13-14-17/h4-12,17,21H,3,13-15H2,1-2H3,(H,23,26)(H,24,27)/t21-/m1/s1. The van der Waals surface area contributed by atoms with E-state index < -0.39 is 6.04 Å². The van der Waals surface area contributed by atoms with Gasteiger partial charge in [-0.25, -0.2) is 0 Å². The number of carbonyl (C=O) groups is 2. The summed E-state index contributed by atoms with van der Waals surface area (Å²) in [6, 6.07) is 16.5. The molecule has 2 aromatic carbocycles. The van der Waals surface area contributed by atoms with Crippen LogP contribution in [0.3, 0.4) is 0 Å². The average molecular weight is 381 g/mol. The van der Waals surface area contributed by atoms with Gasteiger partial charge in [0.2, 0.25) is 11.8 Å². The van der Waals surface area contributed by atoms with Gasteiger partial charge in [-0.3, -0.25) is 14.5 Å². The lowest BCUT2D eigenvalue weighted by atomic mass is 10.0. The molecule has 2 amide bonds. The van der Waals surface area contributed by atoms with E-state index >= 15 is 0 Å². The number of likely N-dealkylation sites (N-methyl/N-ethyl adjacent to an activating group) is 1. The molecule has 2 aromatic rings. The van der Waals surface area contributed by atoms with E-state index in [0.29, 0.717) is 24.1 Å². The van der Waals surface area contributed by atoms with Gasteiger partial charge in [-0.05, 0) is 44.5 Å². The molecule has 0 unspecified atom stereocenters. The van der Waals surface area contributed by atoms with Crippen molar-refractivity contribution in [2.45, 2.75) is 31.8 Å². The van der Waals surface area contributed by atoms with Gasteiger partial charge in [0.25, 0.3) is 0 Å². The SMILES string of the molecule is CCOc1ccccc1NC(=O)[C@@H](c1ccccc1)N(C)CC(=O)NC1CC1. The fraction of sp³-hybridized carbons (Fsp3) is 0.364. The monoisotopic (exact) mass is 381 g/mol. The Morgan fingerprint density at radius 3 is 2.46 bits per heavy atom. The number of para-hydroxylation sites is 2. The van der Waals surface area contributed by atoms with Crippen molar-refractivity contribution in [2.24, 2.45) is 0 Å². The van der Waals surface area contributed by atoms with Gasteiger partial charge in [0.1, 0.15) is 11.8 Å². The lowest BCUT2D eigenvalue weighted by Crippen LogP contribution is -2.41. The summed E-state index contributed by atoms with van der Waals surface area (Å²) < 4.78 is 5.61. The molecule has 28 heavy (non-hydrogen) atoms. The third kappa shape index (κ3) is 5.33. The molecule has 0 heterocycles. The number of rotatable bonds is 9. The minimum atomic E-state index is -0.596. The molecular weight excluding hydrogens is 354 g/mol. The van der Waals surface area contributed by atoms with Crippen molar-refractivity contribution in [3.8, 4) is 5.75 Å². The summed E-state index contributed by atoms with van der Waals surface area (Å²) in [7, 11) is 1.79. The Bertz CT molecular complexity index is 806. The van der Waals surface area contributed by atoms with Crippen LogP contribution in [0.5, 0.6) is 5.75 Å². The Balaban J connectivity index is 1.78. The van der Waals surface area contributed by atoms with Crippen LogP contribution in [-0.2, 0) is 9.59 Å². The zero-order valence-corrected chi connectivity index (χ0v) is 16.4. The second-order valence-electron chi connectivity index (χ2n) is 6.99. The van der Waals surface area contributed by atoms with Crippen molar-refractivity contribution in [3.05, 3.63) is 60.2 Å². The van der Waals surface area contributed by atoms with E-state index in [9.17, 15) is 9.59 Å². The van der Waals surface area contributed by atoms with E-state index in [1.807, 2.05) is 61.5 Å². The molecule has 148 valence electrons. The van der Waals surface area contributed by atoms with Crippen LogP contribution in [0.15, 0.2) is 54.6 Å². The molecule has 0 saturated heterocycles. The van der Waals surface area contributed by atoms with Crippen LogP contribution < -0.4 is 15.4 Å². The second kappa shape index (κ2) is 9.37. The Kier molecular flexibility index (Phi) is 6.66. The van der Waals surface area contributed by atoms with Gasteiger partial charge in [-0.1, -0.05) is 42.5 Å². The first-order valence-electron chi connectivity index (χ1n) is 9.65. The summed E-state index contributed by atoms with van der Waals surface area (Å²) in [5.41, 5.74) is 1.45. The van der Waals surface area contributed by atoms with Crippen LogP contribution in [0.4, 0.5) is 5.69 Å². The maximum Gasteiger partial charge on any atom is 0.246 e. The molecule has 1 aliphatic rings. The topological polar surface area (TPSA) is 70.7 Å². The summed E-state index contributed by atoms with van der Waals surface area (Å²) in [4.78, 5) is 27.2. The third-order valence-electron chi connectivity index (χ3n) is 4.58. The first-order chi connectivity index (χ1) is 13.6. The fourth-order valence-electron chi connectivity index (χ4n) is 3.11. The Morgan fingerprint density at radius 2 is 1.79 bits per heavy atom. The van der Waals surface area contributed by atoms with Gasteiger partial charge in [0.05, 0.1) is 18.8 Å². The number of ether oxygens (including phenoxy) is 1. The van der Waals surface area contributed by atoms with Crippen LogP contribution in [0.25, 0.3) is 0 Å². The fourth-order valence-corrected chi connectivity index (χ4v) is 3.11. The summed E-state index contributed by atoms with van der Waals surface area (Å²) in [6.45, 7) is 2.56. The van der Waals surface area contributed by atoms with E-state index in [4.69, 9.17) is 4.74 Å². The van der Waals surface area contributed by atoms with Crippen molar-refractivity contribution in [2.75, 3.05) is 25.5 Å². The lowest BCUT2D eigenvalue weighted by Gasteiger charge is -2.27. The molecule has 2 N–H and O–H groups in total. The van der Waals surface area contributed by atoms with Crippen LogP contribution in [0, 0.1) is 0 Å². The quantitative estimate of drug-likeness (QED) is 0.701. The molecule has 0 aromatic heterocycles. The van der Waals surface area contributed by atoms with E-state index in [1.54, 1.807) is 11.9 Å². The van der Waals surface area contributed by atoms with Crippen LogP contribution in [-0.4, -0.2) is 43.0 Å². The van der Waals surface area contributed by atoms with E-state index in [2.05, 4.69) is 10.6 Å². The molecule has 0 spiro atoms. The van der Waals surface area contributed by atoms with Gasteiger partial charge in [0, 0.05) is 6.04 Å². The van der Waals surface area contributed by atoms with E-state index in [1.165, 1.54) is 0 Å². The van der Waals surface area contributed by atoms with Crippen molar-refractivity contribution < 1.29 is 14.3 Å². The highest BCUT2D eigenvalue weighted by molar-refractivity contribution is 5.97. The zero-order valence-electron chi connectivity index (χ0n) is 16.4. The van der Waals surface area contributed by atoms with Crippen molar-refractivity contribution in [1.29, 1.82) is 0 Å². The van der Waals surface area contributed by atoms with Crippen molar-refractivity contribution in [1.82, 2.24) is 10.2 Å². The third-order valence-corrected chi connectivity index (χ3v) is 4.58. The zero-order chi connectivity index (χ0) is 19.9. The molecule has 0 radical (unpaired) electrons. The maximum atomic E-state index is 13.2. The van der Waals surface area contributed by atoms with Crippen molar-refractivity contribution in [3.63, 3.8) is 0 Å². The van der Waals surface area contributed by atoms with E-state index in [-0.39, 0.29) is 18.4 Å². The average Bonchev–Trinajstić information content (AvgIpc) is 3.48. The minimum absolute atomic E-state index is 0.0616. The molecule has 1 atom stereocenters. The molecular formula is C22H27N3O3. The normalized spacial score (nSPS) is 14.4. The highest BCUT2D eigenvalue weighted by atomic mass is 16.5. The highest BCUT2D eigenvalue weighted by Crippen LogP contribution is 2.27.